The number of benzene rings is 3. The number of amides is 1. The molecule has 4 nitrogen and oxygen atoms in total. The number of nitrogens with zero attached hydrogens (tertiary/aromatic N) is 2. The highest BCUT2D eigenvalue weighted by atomic mass is 19.1. The lowest BCUT2D eigenvalue weighted by atomic mass is 10.1. The number of carbonyl (C=O) groups is 1. The van der Waals surface area contributed by atoms with Gasteiger partial charge in [0.05, 0.1) is 0 Å². The van der Waals surface area contributed by atoms with E-state index in [1.54, 1.807) is 12.1 Å². The molecule has 1 saturated heterocycles. The van der Waals surface area contributed by atoms with E-state index in [2.05, 4.69) is 57.6 Å². The largest absolute Gasteiger partial charge is 0.369 e. The SMILES string of the molecule is O=C(Nc1ccc(N2CCN(Cc3ccccc3)CC2)cc1)C1CC1c1ccc(F)cc1. The molecule has 0 aromatic heterocycles. The van der Waals surface area contributed by atoms with Crippen molar-refractivity contribution in [2.24, 2.45) is 5.92 Å². The lowest BCUT2D eigenvalue weighted by Crippen LogP contribution is -2.45. The highest BCUT2D eigenvalue weighted by Crippen LogP contribution is 2.48. The third-order valence-electron chi connectivity index (χ3n) is 6.55. The molecule has 3 aromatic carbocycles. The molecule has 0 bridgehead atoms. The van der Waals surface area contributed by atoms with Gasteiger partial charge in [0.2, 0.25) is 5.91 Å². The molecule has 1 amide bonds. The Kier molecular flexibility index (Phi) is 5.91. The van der Waals surface area contributed by atoms with Crippen LogP contribution in [-0.4, -0.2) is 37.0 Å². The Bertz CT molecular complexity index is 1040. The third kappa shape index (κ3) is 4.83. The van der Waals surface area contributed by atoms with E-state index in [-0.39, 0.29) is 23.6 Å². The van der Waals surface area contributed by atoms with Gasteiger partial charge in [-0.1, -0.05) is 42.5 Å². The zero-order valence-electron chi connectivity index (χ0n) is 18.1. The molecular weight excluding hydrogens is 401 g/mol. The number of carbonyl (C=O) groups excluding carboxylic acids is 1. The molecule has 2 atom stereocenters. The van der Waals surface area contributed by atoms with Crippen LogP contribution in [0.15, 0.2) is 78.9 Å². The van der Waals surface area contributed by atoms with Gasteiger partial charge in [-0.3, -0.25) is 9.69 Å². The Morgan fingerprint density at radius 1 is 0.875 bits per heavy atom. The van der Waals surface area contributed by atoms with Crippen molar-refractivity contribution in [3.8, 4) is 0 Å². The molecule has 5 rings (SSSR count). The summed E-state index contributed by atoms with van der Waals surface area (Å²) in [5.41, 5.74) is 4.41. The number of anilines is 2. The summed E-state index contributed by atoms with van der Waals surface area (Å²) in [5.74, 6) is -0.0328. The average Bonchev–Trinajstić information content (AvgIpc) is 3.63. The van der Waals surface area contributed by atoms with Crippen molar-refractivity contribution in [3.63, 3.8) is 0 Å². The Labute approximate surface area is 188 Å². The first-order chi connectivity index (χ1) is 15.7. The van der Waals surface area contributed by atoms with E-state index in [1.807, 2.05) is 12.1 Å². The van der Waals surface area contributed by atoms with Gasteiger partial charge in [-0.05, 0) is 59.9 Å². The van der Waals surface area contributed by atoms with Crippen LogP contribution >= 0.6 is 0 Å². The van der Waals surface area contributed by atoms with Crippen LogP contribution in [0.2, 0.25) is 0 Å². The van der Waals surface area contributed by atoms with Gasteiger partial charge in [-0.2, -0.15) is 0 Å². The van der Waals surface area contributed by atoms with E-state index < -0.39 is 0 Å². The molecule has 32 heavy (non-hydrogen) atoms. The normalized spacial score (nSPS) is 20.7. The maximum Gasteiger partial charge on any atom is 0.228 e. The molecule has 1 saturated carbocycles. The van der Waals surface area contributed by atoms with Gasteiger partial charge in [-0.25, -0.2) is 4.39 Å². The van der Waals surface area contributed by atoms with Crippen molar-refractivity contribution in [2.45, 2.75) is 18.9 Å². The number of rotatable bonds is 6. The van der Waals surface area contributed by atoms with Gasteiger partial charge < -0.3 is 10.2 Å². The highest BCUT2D eigenvalue weighted by molar-refractivity contribution is 5.95. The number of nitrogens with one attached hydrogen (secondary N) is 1. The summed E-state index contributed by atoms with van der Waals surface area (Å²) in [6.07, 6.45) is 0.822. The van der Waals surface area contributed by atoms with Crippen molar-refractivity contribution < 1.29 is 9.18 Å². The summed E-state index contributed by atoms with van der Waals surface area (Å²) in [7, 11) is 0. The van der Waals surface area contributed by atoms with E-state index in [0.29, 0.717) is 0 Å². The van der Waals surface area contributed by atoms with Crippen LogP contribution in [0.5, 0.6) is 0 Å². The van der Waals surface area contributed by atoms with Gasteiger partial charge in [-0.15, -0.1) is 0 Å². The fourth-order valence-corrected chi connectivity index (χ4v) is 4.56. The van der Waals surface area contributed by atoms with E-state index in [0.717, 1.165) is 50.4 Å². The average molecular weight is 430 g/mol. The lowest BCUT2D eigenvalue weighted by Gasteiger charge is -2.36. The molecule has 1 heterocycles. The summed E-state index contributed by atoms with van der Waals surface area (Å²) in [6, 6.07) is 25.2. The number of halogens is 1. The monoisotopic (exact) mass is 429 g/mol. The summed E-state index contributed by atoms with van der Waals surface area (Å²) < 4.78 is 13.1. The predicted molar refractivity (Wildman–Crippen MR) is 126 cm³/mol. The van der Waals surface area contributed by atoms with Crippen molar-refractivity contribution in [3.05, 3.63) is 95.8 Å². The fraction of sp³-hybridized carbons (Fsp3) is 0.296. The quantitative estimate of drug-likeness (QED) is 0.606. The molecule has 1 aliphatic carbocycles. The Morgan fingerprint density at radius 3 is 2.25 bits per heavy atom. The van der Waals surface area contributed by atoms with E-state index >= 15 is 0 Å². The van der Waals surface area contributed by atoms with E-state index in [1.165, 1.54) is 23.4 Å². The highest BCUT2D eigenvalue weighted by Gasteiger charge is 2.43. The molecule has 3 aromatic rings. The molecule has 164 valence electrons. The minimum absolute atomic E-state index is 0.0298. The summed E-state index contributed by atoms with van der Waals surface area (Å²) in [4.78, 5) is 17.5. The first-order valence-electron chi connectivity index (χ1n) is 11.3. The molecule has 2 fully saturated rings. The maximum absolute atomic E-state index is 13.1. The van der Waals surface area contributed by atoms with Gasteiger partial charge >= 0.3 is 0 Å². The Morgan fingerprint density at radius 2 is 1.56 bits per heavy atom. The van der Waals surface area contributed by atoms with Crippen molar-refractivity contribution in [1.29, 1.82) is 0 Å². The second-order valence-corrected chi connectivity index (χ2v) is 8.79. The second-order valence-electron chi connectivity index (χ2n) is 8.79. The van der Waals surface area contributed by atoms with Crippen LogP contribution in [0.4, 0.5) is 15.8 Å². The first kappa shape index (κ1) is 20.7. The number of hydrogen-bond donors (Lipinski definition) is 1. The summed E-state index contributed by atoms with van der Waals surface area (Å²) >= 11 is 0. The molecule has 0 spiro atoms. The van der Waals surface area contributed by atoms with E-state index in [4.69, 9.17) is 0 Å². The van der Waals surface area contributed by atoms with Crippen LogP contribution in [0.25, 0.3) is 0 Å². The van der Waals surface area contributed by atoms with Gasteiger partial charge in [0.25, 0.3) is 0 Å². The summed E-state index contributed by atoms with van der Waals surface area (Å²) in [6.45, 7) is 5.08. The Hall–Kier alpha value is -3.18. The van der Waals surface area contributed by atoms with Crippen molar-refractivity contribution >= 4 is 17.3 Å². The second kappa shape index (κ2) is 9.13. The number of piperazine rings is 1. The molecule has 5 heteroatoms. The molecule has 2 aliphatic rings. The van der Waals surface area contributed by atoms with Crippen LogP contribution < -0.4 is 10.2 Å². The topological polar surface area (TPSA) is 35.6 Å². The van der Waals surface area contributed by atoms with E-state index in [9.17, 15) is 9.18 Å². The minimum atomic E-state index is -0.243. The zero-order valence-corrected chi connectivity index (χ0v) is 18.1. The van der Waals surface area contributed by atoms with Gasteiger partial charge in [0.15, 0.2) is 0 Å². The molecular formula is C27H28FN3O. The number of hydrogen-bond acceptors (Lipinski definition) is 3. The molecule has 1 N–H and O–H groups in total. The fourth-order valence-electron chi connectivity index (χ4n) is 4.56. The van der Waals surface area contributed by atoms with Crippen LogP contribution in [0.3, 0.4) is 0 Å². The smallest absolute Gasteiger partial charge is 0.228 e. The maximum atomic E-state index is 13.1. The first-order valence-corrected chi connectivity index (χ1v) is 11.3. The van der Waals surface area contributed by atoms with Crippen LogP contribution in [0, 0.1) is 11.7 Å². The van der Waals surface area contributed by atoms with Crippen molar-refractivity contribution in [2.75, 3.05) is 36.4 Å². The van der Waals surface area contributed by atoms with Gasteiger partial charge in [0.1, 0.15) is 5.82 Å². The van der Waals surface area contributed by atoms with Gasteiger partial charge in [0, 0.05) is 50.0 Å². The van der Waals surface area contributed by atoms with Crippen LogP contribution in [-0.2, 0) is 11.3 Å². The molecule has 0 radical (unpaired) electrons. The minimum Gasteiger partial charge on any atom is -0.369 e. The Balaban J connectivity index is 1.11. The lowest BCUT2D eigenvalue weighted by molar-refractivity contribution is -0.117. The predicted octanol–water partition coefficient (Wildman–Crippen LogP) is 4.89. The zero-order chi connectivity index (χ0) is 21.9. The summed E-state index contributed by atoms with van der Waals surface area (Å²) in [5, 5.41) is 3.04. The molecule has 2 unspecified atom stereocenters. The van der Waals surface area contributed by atoms with Crippen molar-refractivity contribution in [1.82, 2.24) is 4.90 Å². The molecule has 1 aliphatic heterocycles. The standard InChI is InChI=1S/C27H28FN3O/c28-22-8-6-21(7-9-22)25-18-26(25)27(32)29-23-10-12-24(13-11-23)31-16-14-30(15-17-31)19-20-4-2-1-3-5-20/h1-13,25-26H,14-19H2,(H,29,32). The third-order valence-corrected chi connectivity index (χ3v) is 6.55. The van der Waals surface area contributed by atoms with Crippen LogP contribution in [0.1, 0.15) is 23.5 Å².